The molecule has 0 unspecified atom stereocenters. The number of likely N-dealkylation sites (tertiary alicyclic amines) is 1. The molecule has 3 aromatic rings. The quantitative estimate of drug-likeness (QED) is 0.701. The van der Waals surface area contributed by atoms with Gasteiger partial charge in [-0.15, -0.1) is 26.6 Å². The number of hydrogen-bond donors (Lipinski definition) is 0. The van der Waals surface area contributed by atoms with Gasteiger partial charge in [-0.2, -0.15) is 4.52 Å². The van der Waals surface area contributed by atoms with Crippen molar-refractivity contribution in [2.75, 3.05) is 31.1 Å². The largest absolute Gasteiger partial charge is 0.355 e. The minimum absolute atomic E-state index is 0.0222. The second kappa shape index (κ2) is 6.31. The molecule has 9 heteroatoms. The highest BCUT2D eigenvalue weighted by molar-refractivity contribution is 7.07. The highest BCUT2D eigenvalue weighted by atomic mass is 32.1. The third-order valence-corrected chi connectivity index (χ3v) is 5.84. The lowest BCUT2D eigenvalue weighted by Crippen LogP contribution is -2.39. The highest BCUT2D eigenvalue weighted by Gasteiger charge is 2.28. The number of carbonyl (C=O) groups excluding carboxylic acids is 1. The van der Waals surface area contributed by atoms with Crippen molar-refractivity contribution in [2.45, 2.75) is 25.2 Å². The molecular weight excluding hydrogens is 350 g/mol. The fourth-order valence-electron chi connectivity index (χ4n) is 3.59. The number of rotatable bonds is 3. The predicted molar refractivity (Wildman–Crippen MR) is 97.6 cm³/mol. The van der Waals surface area contributed by atoms with Crippen LogP contribution >= 0.6 is 11.3 Å². The molecule has 26 heavy (non-hydrogen) atoms. The van der Waals surface area contributed by atoms with Gasteiger partial charge in [0.25, 0.3) is 5.91 Å². The van der Waals surface area contributed by atoms with Crippen LogP contribution in [0.4, 0.5) is 5.82 Å². The van der Waals surface area contributed by atoms with E-state index in [-0.39, 0.29) is 11.8 Å². The van der Waals surface area contributed by atoms with Crippen molar-refractivity contribution in [2.24, 2.45) is 0 Å². The number of piperidine rings is 1. The number of thiazole rings is 1. The van der Waals surface area contributed by atoms with E-state index < -0.39 is 0 Å². The van der Waals surface area contributed by atoms with Gasteiger partial charge in [0.2, 0.25) is 0 Å². The van der Waals surface area contributed by atoms with Crippen molar-refractivity contribution in [3.8, 4) is 0 Å². The Morgan fingerprint density at radius 1 is 1.12 bits per heavy atom. The number of amides is 1. The van der Waals surface area contributed by atoms with Crippen LogP contribution in [0.1, 0.15) is 41.5 Å². The van der Waals surface area contributed by atoms with E-state index in [0.29, 0.717) is 18.8 Å². The maximum atomic E-state index is 12.4. The molecule has 5 rings (SSSR count). The number of nitrogens with zero attached hydrogens (tertiary/aromatic N) is 7. The first-order chi connectivity index (χ1) is 12.8. The molecular formula is C17H19N7OS. The van der Waals surface area contributed by atoms with Crippen LogP contribution in [0.5, 0.6) is 0 Å². The lowest BCUT2D eigenvalue weighted by molar-refractivity contribution is 0.0705. The van der Waals surface area contributed by atoms with Gasteiger partial charge < -0.3 is 9.80 Å². The maximum absolute atomic E-state index is 12.4. The molecule has 2 aliphatic heterocycles. The number of aromatic nitrogens is 5. The summed E-state index contributed by atoms with van der Waals surface area (Å²) in [5.41, 5.74) is 3.02. The van der Waals surface area contributed by atoms with E-state index >= 15 is 0 Å². The van der Waals surface area contributed by atoms with Gasteiger partial charge >= 0.3 is 0 Å². The molecule has 0 aliphatic carbocycles. The second-order valence-electron chi connectivity index (χ2n) is 6.80. The molecule has 2 saturated heterocycles. The molecule has 134 valence electrons. The molecule has 8 nitrogen and oxygen atoms in total. The van der Waals surface area contributed by atoms with Crippen LogP contribution in [0.2, 0.25) is 0 Å². The van der Waals surface area contributed by atoms with Crippen LogP contribution in [0.15, 0.2) is 23.0 Å². The number of carbonyl (C=O) groups is 1. The molecule has 2 aliphatic rings. The van der Waals surface area contributed by atoms with E-state index in [1.165, 1.54) is 17.8 Å². The summed E-state index contributed by atoms with van der Waals surface area (Å²) in [7, 11) is 0. The SMILES string of the molecule is O=C(c1cscn1)N1CCC(c2nnc3ccc(N4CCC4)nn23)CC1. The monoisotopic (exact) mass is 369 g/mol. The van der Waals surface area contributed by atoms with Crippen LogP contribution < -0.4 is 4.90 Å². The van der Waals surface area contributed by atoms with Gasteiger partial charge in [-0.1, -0.05) is 0 Å². The minimum Gasteiger partial charge on any atom is -0.355 e. The molecule has 5 heterocycles. The van der Waals surface area contributed by atoms with Crippen molar-refractivity contribution in [3.63, 3.8) is 0 Å². The Morgan fingerprint density at radius 3 is 2.65 bits per heavy atom. The summed E-state index contributed by atoms with van der Waals surface area (Å²) < 4.78 is 1.89. The van der Waals surface area contributed by atoms with E-state index in [0.717, 1.165) is 43.2 Å². The van der Waals surface area contributed by atoms with Crippen molar-refractivity contribution >= 4 is 28.7 Å². The second-order valence-corrected chi connectivity index (χ2v) is 7.52. The van der Waals surface area contributed by atoms with E-state index in [1.807, 2.05) is 26.9 Å². The molecule has 0 aromatic carbocycles. The van der Waals surface area contributed by atoms with Crippen molar-refractivity contribution in [1.29, 1.82) is 0 Å². The predicted octanol–water partition coefficient (Wildman–Crippen LogP) is 1.81. The van der Waals surface area contributed by atoms with Gasteiger partial charge in [0.05, 0.1) is 5.51 Å². The van der Waals surface area contributed by atoms with Gasteiger partial charge in [-0.05, 0) is 31.4 Å². The molecule has 2 fully saturated rings. The van der Waals surface area contributed by atoms with Gasteiger partial charge in [0, 0.05) is 37.5 Å². The zero-order valence-electron chi connectivity index (χ0n) is 14.3. The number of hydrogen-bond acceptors (Lipinski definition) is 7. The van der Waals surface area contributed by atoms with Gasteiger partial charge in [-0.3, -0.25) is 4.79 Å². The standard InChI is InChI=1S/C17H19N7OS/c25-17(13-10-26-11-18-13)23-8-4-12(5-9-23)16-20-19-14-2-3-15(21-24(14)16)22-6-1-7-22/h2-3,10-12H,1,4-9H2. The number of anilines is 1. The summed E-state index contributed by atoms with van der Waals surface area (Å²) in [4.78, 5) is 20.7. The summed E-state index contributed by atoms with van der Waals surface area (Å²) in [5.74, 6) is 2.18. The Balaban J connectivity index is 1.34. The average molecular weight is 369 g/mol. The zero-order chi connectivity index (χ0) is 17.5. The highest BCUT2D eigenvalue weighted by Crippen LogP contribution is 2.28. The first-order valence-electron chi connectivity index (χ1n) is 8.94. The molecule has 0 radical (unpaired) electrons. The fraction of sp³-hybridized carbons (Fsp3) is 0.471. The molecule has 0 saturated carbocycles. The summed E-state index contributed by atoms with van der Waals surface area (Å²) in [6, 6.07) is 4.00. The maximum Gasteiger partial charge on any atom is 0.273 e. The van der Waals surface area contributed by atoms with Crippen LogP contribution in [-0.4, -0.2) is 61.8 Å². The Bertz CT molecular complexity index is 926. The van der Waals surface area contributed by atoms with Gasteiger partial charge in [0.15, 0.2) is 11.5 Å². The average Bonchev–Trinajstić information content (AvgIpc) is 3.29. The van der Waals surface area contributed by atoms with Gasteiger partial charge in [-0.25, -0.2) is 4.98 Å². The summed E-state index contributed by atoms with van der Waals surface area (Å²) in [6.45, 7) is 3.55. The normalized spacial score (nSPS) is 18.3. The lowest BCUT2D eigenvalue weighted by Gasteiger charge is -2.32. The molecule has 0 atom stereocenters. The Morgan fingerprint density at radius 2 is 1.96 bits per heavy atom. The van der Waals surface area contributed by atoms with Crippen LogP contribution in [0.25, 0.3) is 5.65 Å². The number of fused-ring (bicyclic) bond motifs is 1. The van der Waals surface area contributed by atoms with Crippen LogP contribution in [-0.2, 0) is 0 Å². The first kappa shape index (κ1) is 15.7. The molecule has 0 N–H and O–H groups in total. The van der Waals surface area contributed by atoms with Crippen molar-refractivity contribution in [1.82, 2.24) is 29.7 Å². The third kappa shape index (κ3) is 2.63. The zero-order valence-corrected chi connectivity index (χ0v) is 15.1. The summed E-state index contributed by atoms with van der Waals surface area (Å²) in [6.07, 6.45) is 2.96. The summed E-state index contributed by atoms with van der Waals surface area (Å²) >= 11 is 1.45. The molecule has 0 spiro atoms. The molecule has 0 bridgehead atoms. The van der Waals surface area contributed by atoms with Crippen molar-refractivity contribution in [3.05, 3.63) is 34.5 Å². The van der Waals surface area contributed by atoms with Crippen molar-refractivity contribution < 1.29 is 4.79 Å². The minimum atomic E-state index is 0.0222. The Hall–Kier alpha value is -2.55. The first-order valence-corrected chi connectivity index (χ1v) is 9.88. The van der Waals surface area contributed by atoms with E-state index in [9.17, 15) is 4.79 Å². The topological polar surface area (TPSA) is 79.5 Å². The fourth-order valence-corrected chi connectivity index (χ4v) is 4.11. The Labute approximate surface area is 154 Å². The van der Waals surface area contributed by atoms with E-state index in [1.54, 1.807) is 5.51 Å². The molecule has 1 amide bonds. The molecule has 3 aromatic heterocycles. The van der Waals surface area contributed by atoms with E-state index in [4.69, 9.17) is 5.10 Å². The van der Waals surface area contributed by atoms with E-state index in [2.05, 4.69) is 20.1 Å². The van der Waals surface area contributed by atoms with Crippen LogP contribution in [0, 0.1) is 0 Å². The lowest BCUT2D eigenvalue weighted by atomic mass is 9.96. The van der Waals surface area contributed by atoms with Gasteiger partial charge in [0.1, 0.15) is 11.5 Å². The smallest absolute Gasteiger partial charge is 0.273 e. The van der Waals surface area contributed by atoms with Crippen LogP contribution in [0.3, 0.4) is 0 Å². The third-order valence-electron chi connectivity index (χ3n) is 5.25. The summed E-state index contributed by atoms with van der Waals surface area (Å²) in [5, 5.41) is 15.2. The Kier molecular flexibility index (Phi) is 3.81.